The van der Waals surface area contributed by atoms with Crippen molar-refractivity contribution in [3.8, 4) is 0 Å². The Bertz CT molecular complexity index is 946. The smallest absolute Gasteiger partial charge is 0.276 e. The Morgan fingerprint density at radius 1 is 1.31 bits per heavy atom. The highest BCUT2D eigenvalue weighted by molar-refractivity contribution is 5.76. The van der Waals surface area contributed by atoms with Gasteiger partial charge in [0.2, 0.25) is 5.91 Å². The summed E-state index contributed by atoms with van der Waals surface area (Å²) in [6.07, 6.45) is 2.67. The molecule has 7 nitrogen and oxygen atoms in total. The van der Waals surface area contributed by atoms with E-state index in [2.05, 4.69) is 15.4 Å². The number of nitrogens with zero attached hydrogens (tertiary/aromatic N) is 2. The summed E-state index contributed by atoms with van der Waals surface area (Å²) < 4.78 is 1.37. The van der Waals surface area contributed by atoms with Gasteiger partial charge < -0.3 is 10.4 Å². The van der Waals surface area contributed by atoms with Crippen molar-refractivity contribution >= 4 is 11.6 Å². The van der Waals surface area contributed by atoms with Crippen molar-refractivity contribution < 1.29 is 9.90 Å². The van der Waals surface area contributed by atoms with E-state index in [-0.39, 0.29) is 30.5 Å². The lowest BCUT2D eigenvalue weighted by Crippen LogP contribution is -2.39. The van der Waals surface area contributed by atoms with Crippen LogP contribution in [0.2, 0.25) is 0 Å². The monoisotopic (exact) mass is 354 g/mol. The molecular weight excluding hydrogens is 332 g/mol. The van der Waals surface area contributed by atoms with Crippen LogP contribution in [-0.4, -0.2) is 38.3 Å². The number of aromatic nitrogens is 3. The second kappa shape index (κ2) is 7.97. The molecule has 26 heavy (non-hydrogen) atoms. The van der Waals surface area contributed by atoms with E-state index >= 15 is 0 Å². The van der Waals surface area contributed by atoms with Gasteiger partial charge in [-0.1, -0.05) is 30.3 Å². The van der Waals surface area contributed by atoms with Gasteiger partial charge in [0.25, 0.3) is 5.56 Å². The summed E-state index contributed by atoms with van der Waals surface area (Å²) in [5.74, 6) is -0.199. The third-order valence-electron chi connectivity index (χ3n) is 4.36. The SMILES string of the molecule is Cc1nc2cc[nH]n2c(=O)c1CCC(=O)NC(CO)Cc1ccccc1. The first-order valence-corrected chi connectivity index (χ1v) is 8.58. The molecule has 0 aliphatic heterocycles. The molecule has 3 rings (SSSR count). The van der Waals surface area contributed by atoms with E-state index < -0.39 is 0 Å². The summed E-state index contributed by atoms with van der Waals surface area (Å²) >= 11 is 0. The number of rotatable bonds is 7. The summed E-state index contributed by atoms with van der Waals surface area (Å²) in [7, 11) is 0. The predicted molar refractivity (Wildman–Crippen MR) is 98.0 cm³/mol. The van der Waals surface area contributed by atoms with E-state index in [0.717, 1.165) is 5.56 Å². The van der Waals surface area contributed by atoms with Crippen LogP contribution < -0.4 is 10.9 Å². The standard InChI is InChI=1S/C19H22N4O3/c1-13-16(19(26)23-17(21-13)9-10-20-23)7-8-18(25)22-15(12-24)11-14-5-3-2-4-6-14/h2-6,9-10,15,20,24H,7-8,11-12H2,1H3,(H,22,25). The Morgan fingerprint density at radius 3 is 2.81 bits per heavy atom. The Balaban J connectivity index is 1.62. The highest BCUT2D eigenvalue weighted by atomic mass is 16.3. The van der Waals surface area contributed by atoms with Crippen molar-refractivity contribution in [1.29, 1.82) is 0 Å². The van der Waals surface area contributed by atoms with Crippen LogP contribution in [0.25, 0.3) is 5.65 Å². The number of benzene rings is 1. The van der Waals surface area contributed by atoms with Gasteiger partial charge in [0.1, 0.15) is 0 Å². The average molecular weight is 354 g/mol. The molecule has 0 radical (unpaired) electrons. The maximum Gasteiger partial charge on any atom is 0.276 e. The Kier molecular flexibility index (Phi) is 5.48. The fourth-order valence-electron chi connectivity index (χ4n) is 2.99. The van der Waals surface area contributed by atoms with Crippen molar-refractivity contribution in [3.63, 3.8) is 0 Å². The normalized spacial score (nSPS) is 12.2. The molecule has 0 aliphatic rings. The molecule has 0 bridgehead atoms. The van der Waals surface area contributed by atoms with Crippen molar-refractivity contribution in [2.45, 2.75) is 32.2 Å². The highest BCUT2D eigenvalue weighted by Gasteiger charge is 2.15. The molecule has 3 aromatic rings. The lowest BCUT2D eigenvalue weighted by Gasteiger charge is -2.16. The predicted octanol–water partition coefficient (Wildman–Crippen LogP) is 0.983. The number of hydrogen-bond donors (Lipinski definition) is 3. The molecule has 2 aromatic heterocycles. The van der Waals surface area contributed by atoms with Gasteiger partial charge in [0, 0.05) is 29.9 Å². The van der Waals surface area contributed by atoms with Gasteiger partial charge >= 0.3 is 0 Å². The third-order valence-corrected chi connectivity index (χ3v) is 4.36. The zero-order valence-electron chi connectivity index (χ0n) is 14.6. The number of nitrogens with one attached hydrogen (secondary N) is 2. The minimum atomic E-state index is -0.351. The van der Waals surface area contributed by atoms with Gasteiger partial charge in [-0.3, -0.25) is 14.7 Å². The van der Waals surface area contributed by atoms with Crippen LogP contribution in [0, 0.1) is 6.92 Å². The number of aliphatic hydroxyl groups is 1. The van der Waals surface area contributed by atoms with Gasteiger partial charge in [-0.2, -0.15) is 0 Å². The van der Waals surface area contributed by atoms with Gasteiger partial charge in [-0.05, 0) is 25.3 Å². The first-order chi connectivity index (χ1) is 12.6. The maximum absolute atomic E-state index is 12.5. The average Bonchev–Trinajstić information content (AvgIpc) is 3.10. The molecule has 2 heterocycles. The van der Waals surface area contributed by atoms with Gasteiger partial charge in [0.15, 0.2) is 5.65 Å². The third kappa shape index (κ3) is 4.00. The van der Waals surface area contributed by atoms with Crippen molar-refractivity contribution in [1.82, 2.24) is 19.9 Å². The van der Waals surface area contributed by atoms with Crippen LogP contribution in [0.15, 0.2) is 47.4 Å². The zero-order valence-corrected chi connectivity index (χ0v) is 14.6. The largest absolute Gasteiger partial charge is 0.394 e. The van der Waals surface area contributed by atoms with Crippen LogP contribution in [0.4, 0.5) is 0 Å². The van der Waals surface area contributed by atoms with E-state index in [9.17, 15) is 14.7 Å². The summed E-state index contributed by atoms with van der Waals surface area (Å²) in [4.78, 5) is 29.1. The van der Waals surface area contributed by atoms with Crippen LogP contribution >= 0.6 is 0 Å². The fraction of sp³-hybridized carbons (Fsp3) is 0.316. The number of hydrogen-bond acceptors (Lipinski definition) is 4. The minimum absolute atomic E-state index is 0.141. The van der Waals surface area contributed by atoms with Gasteiger partial charge in [0.05, 0.1) is 12.6 Å². The second-order valence-electron chi connectivity index (χ2n) is 6.27. The lowest BCUT2D eigenvalue weighted by atomic mass is 10.1. The quantitative estimate of drug-likeness (QED) is 0.589. The zero-order chi connectivity index (χ0) is 18.5. The molecule has 0 fully saturated rings. The van der Waals surface area contributed by atoms with Gasteiger partial charge in [-0.25, -0.2) is 9.50 Å². The van der Waals surface area contributed by atoms with Crippen molar-refractivity contribution in [2.75, 3.05) is 6.61 Å². The van der Waals surface area contributed by atoms with E-state index in [1.165, 1.54) is 4.52 Å². The summed E-state index contributed by atoms with van der Waals surface area (Å²) in [5, 5.41) is 15.2. The molecule has 0 spiro atoms. The van der Waals surface area contributed by atoms with Crippen LogP contribution in [0.3, 0.4) is 0 Å². The number of aliphatic hydroxyl groups excluding tert-OH is 1. The van der Waals surface area contributed by atoms with Crippen LogP contribution in [0.5, 0.6) is 0 Å². The molecule has 136 valence electrons. The van der Waals surface area contributed by atoms with E-state index in [0.29, 0.717) is 29.7 Å². The molecule has 1 atom stereocenters. The van der Waals surface area contributed by atoms with E-state index in [4.69, 9.17) is 0 Å². The number of aryl methyl sites for hydroxylation is 1. The number of amides is 1. The topological polar surface area (TPSA) is 99.5 Å². The molecule has 0 saturated heterocycles. The molecule has 0 saturated carbocycles. The first-order valence-electron chi connectivity index (χ1n) is 8.58. The second-order valence-corrected chi connectivity index (χ2v) is 6.27. The van der Waals surface area contributed by atoms with E-state index in [1.807, 2.05) is 30.3 Å². The molecular formula is C19H22N4O3. The Morgan fingerprint density at radius 2 is 2.08 bits per heavy atom. The number of carbonyl (C=O) groups excluding carboxylic acids is 1. The summed E-state index contributed by atoms with van der Waals surface area (Å²) in [6.45, 7) is 1.63. The van der Waals surface area contributed by atoms with Crippen LogP contribution in [0.1, 0.15) is 23.2 Å². The number of fused-ring (bicyclic) bond motifs is 1. The maximum atomic E-state index is 12.5. The fourth-order valence-corrected chi connectivity index (χ4v) is 2.99. The molecule has 1 aromatic carbocycles. The Hall–Kier alpha value is -2.93. The Labute approximate surface area is 150 Å². The molecule has 1 unspecified atom stereocenters. The summed E-state index contributed by atoms with van der Waals surface area (Å²) in [5.41, 5.74) is 2.56. The number of aromatic amines is 1. The van der Waals surface area contributed by atoms with Crippen molar-refractivity contribution in [3.05, 3.63) is 69.8 Å². The van der Waals surface area contributed by atoms with Crippen LogP contribution in [-0.2, 0) is 17.6 Å². The van der Waals surface area contributed by atoms with E-state index in [1.54, 1.807) is 19.2 Å². The molecule has 3 N–H and O–H groups in total. The first kappa shape index (κ1) is 17.9. The molecule has 7 heteroatoms. The molecule has 1 amide bonds. The summed E-state index contributed by atoms with van der Waals surface area (Å²) in [6, 6.07) is 11.0. The molecule has 0 aliphatic carbocycles. The lowest BCUT2D eigenvalue weighted by molar-refractivity contribution is -0.122. The highest BCUT2D eigenvalue weighted by Crippen LogP contribution is 2.07. The number of H-pyrrole nitrogens is 1. The number of carbonyl (C=O) groups is 1. The van der Waals surface area contributed by atoms with Crippen molar-refractivity contribution in [2.24, 2.45) is 0 Å². The minimum Gasteiger partial charge on any atom is -0.394 e. The van der Waals surface area contributed by atoms with Gasteiger partial charge in [-0.15, -0.1) is 0 Å².